The van der Waals surface area contributed by atoms with E-state index in [1.165, 1.54) is 17.2 Å². The van der Waals surface area contributed by atoms with Crippen molar-refractivity contribution in [2.75, 3.05) is 18.0 Å². The van der Waals surface area contributed by atoms with Crippen molar-refractivity contribution in [1.29, 1.82) is 0 Å². The highest BCUT2D eigenvalue weighted by Gasteiger charge is 2.53. The molecule has 1 aromatic carbocycles. The van der Waals surface area contributed by atoms with E-state index in [0.29, 0.717) is 0 Å². The van der Waals surface area contributed by atoms with Gasteiger partial charge in [0.2, 0.25) is 11.8 Å². The smallest absolute Gasteiger partial charge is 0.394 e. The average Bonchev–Trinajstić information content (AvgIpc) is 3.07. The molecule has 0 spiro atoms. The molecule has 2 atom stereocenters. The number of hydrogen-bond acceptors (Lipinski definition) is 5. The molecule has 1 saturated heterocycles. The Balaban J connectivity index is 1.72. The van der Waals surface area contributed by atoms with Crippen LogP contribution in [0.1, 0.15) is 5.56 Å². The molecule has 0 saturated carbocycles. The minimum absolute atomic E-state index is 0.0218. The van der Waals surface area contributed by atoms with E-state index in [1.54, 1.807) is 0 Å². The quantitative estimate of drug-likeness (QED) is 0.876. The van der Waals surface area contributed by atoms with E-state index >= 15 is 0 Å². The molecule has 9 heteroatoms. The van der Waals surface area contributed by atoms with Crippen LogP contribution in [0.5, 0.6) is 5.88 Å². The highest BCUT2D eigenvalue weighted by Crippen LogP contribution is 2.38. The van der Waals surface area contributed by atoms with Crippen molar-refractivity contribution in [3.63, 3.8) is 0 Å². The molecular weight excluding hydrogens is 351 g/mol. The summed E-state index contributed by atoms with van der Waals surface area (Å²) in [5.74, 6) is -4.76. The summed E-state index contributed by atoms with van der Waals surface area (Å²) in [5, 5.41) is 9.08. The van der Waals surface area contributed by atoms with Gasteiger partial charge in [-0.2, -0.15) is 18.2 Å². The number of benzene rings is 1. The molecule has 1 fully saturated rings. The van der Waals surface area contributed by atoms with Crippen molar-refractivity contribution in [2.24, 2.45) is 11.8 Å². The van der Waals surface area contributed by atoms with Crippen LogP contribution in [0.4, 0.5) is 19.1 Å². The standard InChI is InChI=1S/C17H16F3N3O3/c18-17(19,20)13-9-23(8-12(13)15(24)25)16-21-7-6-14(22-16)26-10-11-4-2-1-3-5-11/h1-7,12-13H,8-10H2,(H,24,25)/t12-,13-/m1/s1. The second kappa shape index (κ2) is 7.19. The molecule has 1 aliphatic heterocycles. The van der Waals surface area contributed by atoms with Crippen LogP contribution in [0.2, 0.25) is 0 Å². The molecule has 0 bridgehead atoms. The number of aliphatic carboxylic acids is 1. The predicted octanol–water partition coefficient (Wildman–Crippen LogP) is 2.75. The maximum absolute atomic E-state index is 13.1. The molecule has 26 heavy (non-hydrogen) atoms. The Kier molecular flexibility index (Phi) is 4.97. The molecule has 0 unspecified atom stereocenters. The van der Waals surface area contributed by atoms with Gasteiger partial charge in [-0.3, -0.25) is 4.79 Å². The third-order valence-electron chi connectivity index (χ3n) is 4.19. The first kappa shape index (κ1) is 18.0. The maximum atomic E-state index is 13.1. The Bertz CT molecular complexity index is 771. The first-order valence-corrected chi connectivity index (χ1v) is 7.89. The maximum Gasteiger partial charge on any atom is 0.394 e. The van der Waals surface area contributed by atoms with Crippen molar-refractivity contribution in [3.8, 4) is 5.88 Å². The van der Waals surface area contributed by atoms with E-state index < -0.39 is 30.5 Å². The number of hydrogen-bond donors (Lipinski definition) is 1. The number of carboxylic acid groups (broad SMARTS) is 1. The molecule has 0 amide bonds. The second-order valence-corrected chi connectivity index (χ2v) is 5.97. The highest BCUT2D eigenvalue weighted by molar-refractivity contribution is 5.72. The molecular formula is C17H16F3N3O3. The van der Waals surface area contributed by atoms with Crippen molar-refractivity contribution >= 4 is 11.9 Å². The lowest BCUT2D eigenvalue weighted by Gasteiger charge is -2.18. The summed E-state index contributed by atoms with van der Waals surface area (Å²) in [6, 6.07) is 10.8. The van der Waals surface area contributed by atoms with Crippen LogP contribution in [0.3, 0.4) is 0 Å². The minimum Gasteiger partial charge on any atom is -0.481 e. The van der Waals surface area contributed by atoms with E-state index in [-0.39, 0.29) is 25.0 Å². The summed E-state index contributed by atoms with van der Waals surface area (Å²) in [7, 11) is 0. The minimum atomic E-state index is -4.60. The summed E-state index contributed by atoms with van der Waals surface area (Å²) in [6.07, 6.45) is -3.22. The van der Waals surface area contributed by atoms with Gasteiger partial charge in [0, 0.05) is 25.4 Å². The fourth-order valence-electron chi connectivity index (χ4n) is 2.85. The van der Waals surface area contributed by atoms with Gasteiger partial charge in [-0.05, 0) is 5.56 Å². The molecule has 138 valence electrons. The van der Waals surface area contributed by atoms with Gasteiger partial charge in [0.15, 0.2) is 0 Å². The number of alkyl halides is 3. The highest BCUT2D eigenvalue weighted by atomic mass is 19.4. The molecule has 3 rings (SSSR count). The topological polar surface area (TPSA) is 75.5 Å². The molecule has 1 N–H and O–H groups in total. The first-order valence-electron chi connectivity index (χ1n) is 7.89. The second-order valence-electron chi connectivity index (χ2n) is 5.97. The number of aromatic nitrogens is 2. The number of anilines is 1. The van der Waals surface area contributed by atoms with E-state index in [9.17, 15) is 18.0 Å². The summed E-state index contributed by atoms with van der Waals surface area (Å²) in [4.78, 5) is 20.5. The molecule has 0 radical (unpaired) electrons. The van der Waals surface area contributed by atoms with Crippen molar-refractivity contribution in [3.05, 3.63) is 48.2 Å². The molecule has 2 aromatic rings. The van der Waals surface area contributed by atoms with Crippen molar-refractivity contribution < 1.29 is 27.8 Å². The van der Waals surface area contributed by atoms with Crippen LogP contribution < -0.4 is 9.64 Å². The fraction of sp³-hybridized carbons (Fsp3) is 0.353. The normalized spacial score (nSPS) is 20.2. The monoisotopic (exact) mass is 367 g/mol. The van der Waals surface area contributed by atoms with E-state index in [4.69, 9.17) is 9.84 Å². The third kappa shape index (κ3) is 4.04. The predicted molar refractivity (Wildman–Crippen MR) is 85.7 cm³/mol. The number of carboxylic acids is 1. The summed E-state index contributed by atoms with van der Waals surface area (Å²) in [6.45, 7) is -0.551. The van der Waals surface area contributed by atoms with Gasteiger partial charge in [0.05, 0.1) is 11.8 Å². The van der Waals surface area contributed by atoms with Gasteiger partial charge in [-0.15, -0.1) is 0 Å². The summed E-state index contributed by atoms with van der Waals surface area (Å²) < 4.78 is 44.8. The van der Waals surface area contributed by atoms with Crippen molar-refractivity contribution in [2.45, 2.75) is 12.8 Å². The SMILES string of the molecule is O=C(O)[C@@H]1CN(c2nccc(OCc3ccccc3)n2)C[C@H]1C(F)(F)F. The van der Waals surface area contributed by atoms with Crippen LogP contribution in [0, 0.1) is 11.8 Å². The van der Waals surface area contributed by atoms with E-state index in [1.807, 2.05) is 30.3 Å². The van der Waals surface area contributed by atoms with Gasteiger partial charge >= 0.3 is 12.1 Å². The molecule has 6 nitrogen and oxygen atoms in total. The Labute approximate surface area is 147 Å². The number of carbonyl (C=O) groups is 1. The lowest BCUT2D eigenvalue weighted by atomic mass is 9.96. The first-order chi connectivity index (χ1) is 12.3. The van der Waals surface area contributed by atoms with Crippen LogP contribution in [0.25, 0.3) is 0 Å². The zero-order valence-corrected chi connectivity index (χ0v) is 13.6. The van der Waals surface area contributed by atoms with Crippen LogP contribution in [-0.2, 0) is 11.4 Å². The van der Waals surface area contributed by atoms with Gasteiger partial charge in [-0.25, -0.2) is 4.98 Å². The molecule has 1 aliphatic rings. The van der Waals surface area contributed by atoms with Crippen LogP contribution >= 0.6 is 0 Å². The third-order valence-corrected chi connectivity index (χ3v) is 4.19. The van der Waals surface area contributed by atoms with Crippen molar-refractivity contribution in [1.82, 2.24) is 9.97 Å². The largest absolute Gasteiger partial charge is 0.481 e. The lowest BCUT2D eigenvalue weighted by molar-refractivity contribution is -0.187. The zero-order valence-electron chi connectivity index (χ0n) is 13.6. The summed E-state index contributed by atoms with van der Waals surface area (Å²) in [5.41, 5.74) is 0.914. The number of ether oxygens (including phenoxy) is 1. The van der Waals surface area contributed by atoms with Gasteiger partial charge in [0.25, 0.3) is 0 Å². The Morgan fingerprint density at radius 2 is 1.96 bits per heavy atom. The molecule has 1 aromatic heterocycles. The molecule has 2 heterocycles. The Hall–Kier alpha value is -2.84. The van der Waals surface area contributed by atoms with Crippen LogP contribution in [0.15, 0.2) is 42.6 Å². The fourth-order valence-corrected chi connectivity index (χ4v) is 2.85. The number of nitrogens with zero attached hydrogens (tertiary/aromatic N) is 3. The van der Waals surface area contributed by atoms with Gasteiger partial charge in [0.1, 0.15) is 6.61 Å². The van der Waals surface area contributed by atoms with Gasteiger partial charge in [-0.1, -0.05) is 30.3 Å². The Morgan fingerprint density at radius 1 is 1.23 bits per heavy atom. The average molecular weight is 367 g/mol. The van der Waals surface area contributed by atoms with Gasteiger partial charge < -0.3 is 14.7 Å². The summed E-state index contributed by atoms with van der Waals surface area (Å²) >= 11 is 0. The zero-order chi connectivity index (χ0) is 18.7. The Morgan fingerprint density at radius 3 is 2.58 bits per heavy atom. The number of rotatable bonds is 5. The molecule has 0 aliphatic carbocycles. The lowest BCUT2D eigenvalue weighted by Crippen LogP contribution is -2.33. The van der Waals surface area contributed by atoms with E-state index in [0.717, 1.165) is 5.56 Å². The number of halogens is 3. The van der Waals surface area contributed by atoms with Crippen LogP contribution in [-0.4, -0.2) is 40.3 Å². The van der Waals surface area contributed by atoms with E-state index in [2.05, 4.69) is 9.97 Å².